The number of rotatable bonds is 13. The first kappa shape index (κ1) is 23.2. The Morgan fingerprint density at radius 2 is 1.62 bits per heavy atom. The first-order valence-electron chi connectivity index (χ1n) is 9.99. The van der Waals surface area contributed by atoms with E-state index in [1.54, 1.807) is 0 Å². The zero-order valence-corrected chi connectivity index (χ0v) is 17.2. The highest BCUT2D eigenvalue weighted by atomic mass is 16.5. The van der Waals surface area contributed by atoms with Crippen molar-refractivity contribution >= 4 is 5.97 Å². The lowest BCUT2D eigenvalue weighted by Crippen LogP contribution is -2.08. The van der Waals surface area contributed by atoms with Crippen molar-refractivity contribution in [2.75, 3.05) is 6.61 Å². The van der Waals surface area contributed by atoms with Gasteiger partial charge in [0, 0.05) is 6.42 Å². The number of ether oxygens (including phenoxy) is 1. The van der Waals surface area contributed by atoms with Crippen molar-refractivity contribution in [2.24, 2.45) is 11.3 Å². The van der Waals surface area contributed by atoms with Gasteiger partial charge < -0.3 is 4.74 Å². The summed E-state index contributed by atoms with van der Waals surface area (Å²) in [4.78, 5) is 11.7. The van der Waals surface area contributed by atoms with E-state index in [1.807, 2.05) is 0 Å². The van der Waals surface area contributed by atoms with Crippen LogP contribution in [0.3, 0.4) is 0 Å². The number of esters is 1. The highest BCUT2D eigenvalue weighted by Gasteiger charge is 2.09. The summed E-state index contributed by atoms with van der Waals surface area (Å²) in [5.41, 5.74) is 1.83. The molecule has 0 saturated heterocycles. The van der Waals surface area contributed by atoms with Crippen molar-refractivity contribution in [2.45, 2.75) is 106 Å². The third-order valence-electron chi connectivity index (χ3n) is 4.39. The predicted octanol–water partition coefficient (Wildman–Crippen LogP) is 7.08. The lowest BCUT2D eigenvalue weighted by Gasteiger charge is -2.17. The molecule has 0 rings (SSSR count). The Morgan fingerprint density at radius 1 is 1.00 bits per heavy atom. The van der Waals surface area contributed by atoms with Crippen LogP contribution in [0, 0.1) is 11.3 Å². The molecule has 2 heteroatoms. The maximum atomic E-state index is 11.7. The van der Waals surface area contributed by atoms with Gasteiger partial charge in [0.1, 0.15) is 0 Å². The molecule has 0 aliphatic heterocycles. The third kappa shape index (κ3) is 17.6. The molecule has 0 spiro atoms. The van der Waals surface area contributed by atoms with Crippen LogP contribution in [0.25, 0.3) is 0 Å². The lowest BCUT2D eigenvalue weighted by atomic mass is 9.89. The van der Waals surface area contributed by atoms with Crippen molar-refractivity contribution in [3.63, 3.8) is 0 Å². The van der Waals surface area contributed by atoms with Gasteiger partial charge in [-0.3, -0.25) is 4.79 Å². The van der Waals surface area contributed by atoms with Crippen molar-refractivity contribution < 1.29 is 9.53 Å². The van der Waals surface area contributed by atoms with Gasteiger partial charge in [0.25, 0.3) is 0 Å². The molecule has 2 nitrogen and oxygen atoms in total. The van der Waals surface area contributed by atoms with Gasteiger partial charge in [-0.25, -0.2) is 0 Å². The van der Waals surface area contributed by atoms with E-state index < -0.39 is 0 Å². The molecule has 0 radical (unpaired) electrons. The summed E-state index contributed by atoms with van der Waals surface area (Å²) >= 11 is 0. The van der Waals surface area contributed by atoms with Crippen molar-refractivity contribution in [3.8, 4) is 0 Å². The molecule has 0 heterocycles. The predicted molar refractivity (Wildman–Crippen MR) is 105 cm³/mol. The maximum absolute atomic E-state index is 11.7. The minimum atomic E-state index is -0.0128. The second-order valence-corrected chi connectivity index (χ2v) is 8.80. The Kier molecular flexibility index (Phi) is 13.1. The van der Waals surface area contributed by atoms with Crippen LogP contribution in [-0.2, 0) is 9.53 Å². The molecule has 0 aromatic rings. The molecule has 0 aliphatic rings. The Labute approximate surface area is 151 Å². The van der Waals surface area contributed by atoms with Crippen LogP contribution in [0.5, 0.6) is 0 Å². The molecule has 1 unspecified atom stereocenters. The summed E-state index contributed by atoms with van der Waals surface area (Å²) in [7, 11) is 0. The van der Waals surface area contributed by atoms with E-state index in [-0.39, 0.29) is 5.97 Å². The first-order chi connectivity index (χ1) is 11.2. The van der Waals surface area contributed by atoms with Crippen LogP contribution >= 0.6 is 0 Å². The van der Waals surface area contributed by atoms with Gasteiger partial charge in [-0.15, -0.1) is 0 Å². The van der Waals surface area contributed by atoms with E-state index in [1.165, 1.54) is 37.7 Å². The summed E-state index contributed by atoms with van der Waals surface area (Å²) in [5, 5.41) is 0. The van der Waals surface area contributed by atoms with Crippen LogP contribution in [0.1, 0.15) is 106 Å². The monoisotopic (exact) mass is 338 g/mol. The number of allylic oxidation sites excluding steroid dienone is 2. The Bertz CT molecular complexity index is 345. The fraction of sp³-hybridized carbons (Fsp3) is 0.864. The summed E-state index contributed by atoms with van der Waals surface area (Å²) in [6.45, 7) is 14.0. The summed E-state index contributed by atoms with van der Waals surface area (Å²) in [5.74, 6) is 0.609. The second kappa shape index (κ2) is 13.5. The van der Waals surface area contributed by atoms with Crippen molar-refractivity contribution in [1.82, 2.24) is 0 Å². The zero-order chi connectivity index (χ0) is 18.4. The SMILES string of the molecule is CC(C)=CCCC(C)CCOC(=O)CCCCCCCC(C)(C)C. The summed E-state index contributed by atoms with van der Waals surface area (Å²) < 4.78 is 5.36. The van der Waals surface area contributed by atoms with E-state index in [0.717, 1.165) is 25.7 Å². The van der Waals surface area contributed by atoms with Gasteiger partial charge in [-0.05, 0) is 57.3 Å². The zero-order valence-electron chi connectivity index (χ0n) is 17.2. The largest absolute Gasteiger partial charge is 0.466 e. The molecule has 1 atom stereocenters. The molecule has 0 saturated carbocycles. The van der Waals surface area contributed by atoms with Gasteiger partial charge in [-0.1, -0.05) is 65.0 Å². The number of unbranched alkanes of at least 4 members (excludes halogenated alkanes) is 4. The Hall–Kier alpha value is -0.790. The van der Waals surface area contributed by atoms with Gasteiger partial charge in [0.2, 0.25) is 0 Å². The third-order valence-corrected chi connectivity index (χ3v) is 4.39. The van der Waals surface area contributed by atoms with E-state index in [0.29, 0.717) is 24.4 Å². The highest BCUT2D eigenvalue weighted by Crippen LogP contribution is 2.22. The first-order valence-corrected chi connectivity index (χ1v) is 9.99. The van der Waals surface area contributed by atoms with Crippen LogP contribution in [-0.4, -0.2) is 12.6 Å². The van der Waals surface area contributed by atoms with Gasteiger partial charge >= 0.3 is 5.97 Å². The van der Waals surface area contributed by atoms with Crippen molar-refractivity contribution in [3.05, 3.63) is 11.6 Å². The smallest absolute Gasteiger partial charge is 0.305 e. The van der Waals surface area contributed by atoms with E-state index in [4.69, 9.17) is 4.74 Å². The molecular formula is C22H42O2. The average molecular weight is 339 g/mol. The van der Waals surface area contributed by atoms with Crippen molar-refractivity contribution in [1.29, 1.82) is 0 Å². The van der Waals surface area contributed by atoms with E-state index in [2.05, 4.69) is 47.6 Å². The fourth-order valence-electron chi connectivity index (χ4n) is 2.70. The van der Waals surface area contributed by atoms with E-state index >= 15 is 0 Å². The van der Waals surface area contributed by atoms with Crippen LogP contribution in [0.2, 0.25) is 0 Å². The average Bonchev–Trinajstić information content (AvgIpc) is 2.44. The van der Waals surface area contributed by atoms with Crippen LogP contribution in [0.4, 0.5) is 0 Å². The molecule has 0 aromatic heterocycles. The Balaban J connectivity index is 3.45. The molecule has 142 valence electrons. The molecule has 24 heavy (non-hydrogen) atoms. The summed E-state index contributed by atoms with van der Waals surface area (Å²) in [6, 6.07) is 0. The standard InChI is InChI=1S/C22H42O2/c1-19(2)13-12-14-20(3)16-18-24-21(23)15-10-8-7-9-11-17-22(4,5)6/h13,20H,7-12,14-18H2,1-6H3. The normalized spacial score (nSPS) is 12.8. The van der Waals surface area contributed by atoms with E-state index in [9.17, 15) is 4.79 Å². The van der Waals surface area contributed by atoms with Crippen LogP contribution < -0.4 is 0 Å². The maximum Gasteiger partial charge on any atom is 0.305 e. The van der Waals surface area contributed by atoms with Gasteiger partial charge in [-0.2, -0.15) is 0 Å². The molecule has 0 fully saturated rings. The molecule has 0 bridgehead atoms. The Morgan fingerprint density at radius 3 is 2.25 bits per heavy atom. The number of hydrogen-bond acceptors (Lipinski definition) is 2. The molecule has 0 N–H and O–H groups in total. The fourth-order valence-corrected chi connectivity index (χ4v) is 2.70. The number of hydrogen-bond donors (Lipinski definition) is 0. The highest BCUT2D eigenvalue weighted by molar-refractivity contribution is 5.69. The van der Waals surface area contributed by atoms with Gasteiger partial charge in [0.15, 0.2) is 0 Å². The topological polar surface area (TPSA) is 26.3 Å². The van der Waals surface area contributed by atoms with Crippen LogP contribution in [0.15, 0.2) is 11.6 Å². The quantitative estimate of drug-likeness (QED) is 0.204. The molecule has 0 aliphatic carbocycles. The summed E-state index contributed by atoms with van der Waals surface area (Å²) in [6.07, 6.45) is 13.4. The molecule has 0 amide bonds. The minimum absolute atomic E-state index is 0.0128. The second-order valence-electron chi connectivity index (χ2n) is 8.80. The molecular weight excluding hydrogens is 296 g/mol. The minimum Gasteiger partial charge on any atom is -0.466 e. The lowest BCUT2D eigenvalue weighted by molar-refractivity contribution is -0.144. The number of carbonyl (C=O) groups excluding carboxylic acids is 1. The molecule has 0 aromatic carbocycles. The number of carbonyl (C=O) groups is 1. The van der Waals surface area contributed by atoms with Gasteiger partial charge in [0.05, 0.1) is 6.61 Å².